The van der Waals surface area contributed by atoms with Gasteiger partial charge in [0.2, 0.25) is 0 Å². The summed E-state index contributed by atoms with van der Waals surface area (Å²) >= 11 is 5.53. The van der Waals surface area contributed by atoms with Crippen LogP contribution in [0.15, 0.2) is 40.9 Å². The Labute approximate surface area is 134 Å². The summed E-state index contributed by atoms with van der Waals surface area (Å²) in [6, 6.07) is 11.0. The van der Waals surface area contributed by atoms with E-state index in [0.717, 1.165) is 4.47 Å². The van der Waals surface area contributed by atoms with E-state index in [2.05, 4.69) is 63.4 Å². The molecule has 1 N–H and O–H groups in total. The van der Waals surface area contributed by atoms with Crippen molar-refractivity contribution in [3.05, 3.63) is 51.3 Å². The maximum absolute atomic E-state index is 3.56. The molecule has 0 saturated carbocycles. The van der Waals surface area contributed by atoms with Gasteiger partial charge in [-0.25, -0.2) is 0 Å². The molecule has 2 aromatic heterocycles. The third-order valence-corrected chi connectivity index (χ3v) is 6.11. The van der Waals surface area contributed by atoms with Crippen molar-refractivity contribution in [3.8, 4) is 0 Å². The summed E-state index contributed by atoms with van der Waals surface area (Å²) in [5.41, 5.74) is 3.88. The SMILES string of the molecule is Brc1ccc2c(c1)[nH]c1ccc3c4c(sc3c12)CCC=C4. The number of benzene rings is 2. The molecule has 4 aromatic rings. The fraction of sp³-hybridized carbons (Fsp3) is 0.111. The minimum absolute atomic E-state index is 1.12. The first-order valence-electron chi connectivity index (χ1n) is 7.13. The highest BCUT2D eigenvalue weighted by molar-refractivity contribution is 9.10. The van der Waals surface area contributed by atoms with Gasteiger partial charge in [0, 0.05) is 41.2 Å². The van der Waals surface area contributed by atoms with Crippen molar-refractivity contribution in [2.45, 2.75) is 12.8 Å². The minimum atomic E-state index is 1.12. The van der Waals surface area contributed by atoms with Crippen molar-refractivity contribution in [2.75, 3.05) is 0 Å². The Bertz CT molecular complexity index is 1050. The van der Waals surface area contributed by atoms with Gasteiger partial charge in [0.25, 0.3) is 0 Å². The Morgan fingerprint density at radius 1 is 1.05 bits per heavy atom. The zero-order chi connectivity index (χ0) is 14.0. The summed E-state index contributed by atoms with van der Waals surface area (Å²) in [6.07, 6.45) is 6.95. The molecule has 2 heterocycles. The largest absolute Gasteiger partial charge is 0.354 e. The normalized spacial score (nSPS) is 14.3. The van der Waals surface area contributed by atoms with Crippen molar-refractivity contribution >= 4 is 65.2 Å². The van der Waals surface area contributed by atoms with E-state index < -0.39 is 0 Å². The van der Waals surface area contributed by atoms with Crippen LogP contribution in [0.4, 0.5) is 0 Å². The lowest BCUT2D eigenvalue weighted by Crippen LogP contribution is -1.86. The Balaban J connectivity index is 2.01. The highest BCUT2D eigenvalue weighted by atomic mass is 79.9. The molecule has 1 aliphatic rings. The predicted molar refractivity (Wildman–Crippen MR) is 96.2 cm³/mol. The molecule has 5 rings (SSSR count). The quantitative estimate of drug-likeness (QED) is 0.384. The van der Waals surface area contributed by atoms with Gasteiger partial charge >= 0.3 is 0 Å². The fourth-order valence-corrected chi connectivity index (χ4v) is 5.09. The molecule has 0 fully saturated rings. The van der Waals surface area contributed by atoms with Crippen molar-refractivity contribution in [1.29, 1.82) is 0 Å². The molecule has 0 aliphatic heterocycles. The van der Waals surface area contributed by atoms with E-state index in [0.29, 0.717) is 0 Å². The molecule has 0 spiro atoms. The van der Waals surface area contributed by atoms with Crippen molar-refractivity contribution in [1.82, 2.24) is 4.98 Å². The average molecular weight is 354 g/mol. The summed E-state index contributed by atoms with van der Waals surface area (Å²) in [4.78, 5) is 5.08. The lowest BCUT2D eigenvalue weighted by atomic mass is 10.0. The predicted octanol–water partition coefficient (Wildman–Crippen LogP) is 6.26. The Hall–Kier alpha value is -1.58. The van der Waals surface area contributed by atoms with E-state index >= 15 is 0 Å². The highest BCUT2D eigenvalue weighted by Crippen LogP contribution is 2.42. The second-order valence-corrected chi connectivity index (χ2v) is 7.58. The zero-order valence-electron chi connectivity index (χ0n) is 11.2. The topological polar surface area (TPSA) is 15.8 Å². The van der Waals surface area contributed by atoms with Crippen molar-refractivity contribution in [2.24, 2.45) is 0 Å². The van der Waals surface area contributed by atoms with Crippen LogP contribution in [-0.2, 0) is 6.42 Å². The summed E-state index contributed by atoms with van der Waals surface area (Å²) in [5.74, 6) is 0. The molecule has 0 unspecified atom stereocenters. The summed E-state index contributed by atoms with van der Waals surface area (Å²) in [7, 11) is 0. The van der Waals surface area contributed by atoms with Gasteiger partial charge in [-0.15, -0.1) is 11.3 Å². The standard InChI is InChI=1S/C18H12BrNS/c19-10-5-6-13-15(9-10)20-14-8-7-12-11-3-1-2-4-16(11)21-18(12)17(13)14/h1,3,5-9,20H,2,4H2. The summed E-state index contributed by atoms with van der Waals surface area (Å²) in [5, 5.41) is 4.10. The third kappa shape index (κ3) is 1.62. The average Bonchev–Trinajstić information content (AvgIpc) is 3.03. The molecule has 0 amide bonds. The molecule has 21 heavy (non-hydrogen) atoms. The summed E-state index contributed by atoms with van der Waals surface area (Å²) in [6.45, 7) is 0. The first kappa shape index (κ1) is 12.0. The third-order valence-electron chi connectivity index (χ3n) is 4.32. The Morgan fingerprint density at radius 2 is 1.95 bits per heavy atom. The van der Waals surface area contributed by atoms with Gasteiger partial charge in [0.1, 0.15) is 0 Å². The molecule has 2 aromatic carbocycles. The zero-order valence-corrected chi connectivity index (χ0v) is 13.6. The van der Waals surface area contributed by atoms with Gasteiger partial charge < -0.3 is 4.98 Å². The molecule has 0 radical (unpaired) electrons. The molecule has 0 atom stereocenters. The van der Waals surface area contributed by atoms with Crippen LogP contribution in [0.1, 0.15) is 16.9 Å². The van der Waals surface area contributed by atoms with Gasteiger partial charge in [-0.2, -0.15) is 0 Å². The van der Waals surface area contributed by atoms with Crippen LogP contribution in [0, 0.1) is 0 Å². The number of aromatic nitrogens is 1. The smallest absolute Gasteiger partial charge is 0.0479 e. The summed E-state index contributed by atoms with van der Waals surface area (Å²) < 4.78 is 2.55. The van der Waals surface area contributed by atoms with Crippen LogP contribution in [0.3, 0.4) is 0 Å². The first-order chi connectivity index (χ1) is 10.3. The maximum atomic E-state index is 3.56. The van der Waals surface area contributed by atoms with Crippen molar-refractivity contribution in [3.63, 3.8) is 0 Å². The minimum Gasteiger partial charge on any atom is -0.354 e. The Kier molecular flexibility index (Phi) is 2.41. The van der Waals surface area contributed by atoms with Crippen LogP contribution in [-0.4, -0.2) is 4.98 Å². The molecular formula is C18H12BrNS. The van der Waals surface area contributed by atoms with Crippen molar-refractivity contribution < 1.29 is 0 Å². The van der Waals surface area contributed by atoms with E-state index in [4.69, 9.17) is 0 Å². The van der Waals surface area contributed by atoms with Crippen LogP contribution in [0.2, 0.25) is 0 Å². The fourth-order valence-electron chi connectivity index (χ4n) is 3.37. The van der Waals surface area contributed by atoms with E-state index in [-0.39, 0.29) is 0 Å². The van der Waals surface area contributed by atoms with E-state index in [9.17, 15) is 0 Å². The van der Waals surface area contributed by atoms with Crippen LogP contribution in [0.25, 0.3) is 38.0 Å². The lowest BCUT2D eigenvalue weighted by Gasteiger charge is -2.03. The molecular weight excluding hydrogens is 342 g/mol. The highest BCUT2D eigenvalue weighted by Gasteiger charge is 2.16. The van der Waals surface area contributed by atoms with Gasteiger partial charge in [0.15, 0.2) is 0 Å². The van der Waals surface area contributed by atoms with E-state index in [1.54, 1.807) is 0 Å². The number of H-pyrrole nitrogens is 1. The number of hydrogen-bond donors (Lipinski definition) is 1. The van der Waals surface area contributed by atoms with Crippen LogP contribution < -0.4 is 0 Å². The van der Waals surface area contributed by atoms with Gasteiger partial charge in [-0.1, -0.05) is 40.2 Å². The number of allylic oxidation sites excluding steroid dienone is 1. The van der Waals surface area contributed by atoms with E-state index in [1.165, 1.54) is 55.2 Å². The lowest BCUT2D eigenvalue weighted by molar-refractivity contribution is 1.02. The van der Waals surface area contributed by atoms with Gasteiger partial charge in [0.05, 0.1) is 0 Å². The molecule has 1 aliphatic carbocycles. The van der Waals surface area contributed by atoms with Crippen LogP contribution in [0.5, 0.6) is 0 Å². The molecule has 102 valence electrons. The second kappa shape index (κ2) is 4.21. The number of aromatic amines is 1. The number of rotatable bonds is 0. The number of nitrogens with one attached hydrogen (secondary N) is 1. The molecule has 0 bridgehead atoms. The number of fused-ring (bicyclic) bond motifs is 7. The molecule has 3 heteroatoms. The van der Waals surface area contributed by atoms with E-state index in [1.807, 2.05) is 11.3 Å². The number of thiophene rings is 1. The van der Waals surface area contributed by atoms with Crippen LogP contribution >= 0.6 is 27.3 Å². The van der Waals surface area contributed by atoms with Gasteiger partial charge in [-0.05, 0) is 36.6 Å². The number of halogens is 1. The first-order valence-corrected chi connectivity index (χ1v) is 8.74. The monoisotopic (exact) mass is 353 g/mol. The second-order valence-electron chi connectivity index (χ2n) is 5.56. The maximum Gasteiger partial charge on any atom is 0.0479 e. The number of hydrogen-bond acceptors (Lipinski definition) is 1. The Morgan fingerprint density at radius 3 is 2.90 bits per heavy atom. The molecule has 0 saturated heterocycles. The molecule has 1 nitrogen and oxygen atoms in total. The van der Waals surface area contributed by atoms with Gasteiger partial charge in [-0.3, -0.25) is 0 Å². The number of aryl methyl sites for hydroxylation is 1.